The number of nitrogens with two attached hydrogens (primary N) is 1. The van der Waals surface area contributed by atoms with Gasteiger partial charge in [-0.15, -0.1) is 0 Å². The Morgan fingerprint density at radius 2 is 1.97 bits per heavy atom. The van der Waals surface area contributed by atoms with Gasteiger partial charge in [0, 0.05) is 32.1 Å². The summed E-state index contributed by atoms with van der Waals surface area (Å²) in [5, 5.41) is 11.0. The monoisotopic (exact) mass is 443 g/mol. The van der Waals surface area contributed by atoms with Crippen molar-refractivity contribution in [3.63, 3.8) is 0 Å². The molecule has 0 aromatic heterocycles. The minimum atomic E-state index is -1.14. The molecule has 32 heavy (non-hydrogen) atoms. The van der Waals surface area contributed by atoms with E-state index in [2.05, 4.69) is 11.1 Å². The van der Waals surface area contributed by atoms with Crippen molar-refractivity contribution in [2.45, 2.75) is 38.5 Å². The van der Waals surface area contributed by atoms with Gasteiger partial charge in [0.1, 0.15) is 23.5 Å². The first-order valence-corrected chi connectivity index (χ1v) is 10.5. The number of aliphatic hydroxyl groups is 1. The third-order valence-corrected chi connectivity index (χ3v) is 5.75. The van der Waals surface area contributed by atoms with Crippen LogP contribution < -0.4 is 10.5 Å². The molecule has 0 saturated carbocycles. The SMILES string of the molecule is CC(C)=C[C@H](CCO)[C@@H]1C[C@@]2(N=C(N)N(C)O2)c2cc(-c3cc(F)cc(F)c3)ccc2O1. The molecule has 2 aliphatic rings. The van der Waals surface area contributed by atoms with Crippen molar-refractivity contribution in [2.75, 3.05) is 13.7 Å². The van der Waals surface area contributed by atoms with Crippen LogP contribution in [0.25, 0.3) is 11.1 Å². The average molecular weight is 443 g/mol. The molecule has 0 amide bonds. The number of hydrogen-bond donors (Lipinski definition) is 2. The van der Waals surface area contributed by atoms with Crippen LogP contribution in [0.3, 0.4) is 0 Å². The lowest BCUT2D eigenvalue weighted by Gasteiger charge is -2.39. The normalized spacial score (nSPS) is 22.9. The number of allylic oxidation sites excluding steroid dienone is 1. The minimum Gasteiger partial charge on any atom is -0.489 e. The number of aliphatic imine (C=N–C) groups is 1. The third-order valence-electron chi connectivity index (χ3n) is 5.75. The first kappa shape index (κ1) is 22.2. The molecule has 1 spiro atoms. The molecule has 2 aromatic carbocycles. The number of ether oxygens (including phenoxy) is 1. The van der Waals surface area contributed by atoms with Gasteiger partial charge in [0.25, 0.3) is 0 Å². The Morgan fingerprint density at radius 1 is 1.25 bits per heavy atom. The number of guanidine groups is 1. The fourth-order valence-corrected chi connectivity index (χ4v) is 4.36. The van der Waals surface area contributed by atoms with Gasteiger partial charge in [-0.2, -0.15) is 0 Å². The number of benzene rings is 2. The van der Waals surface area contributed by atoms with E-state index in [0.717, 1.165) is 11.6 Å². The largest absolute Gasteiger partial charge is 0.489 e. The van der Waals surface area contributed by atoms with Crippen LogP contribution in [0.4, 0.5) is 8.78 Å². The van der Waals surface area contributed by atoms with Gasteiger partial charge in [-0.1, -0.05) is 17.7 Å². The molecule has 2 heterocycles. The van der Waals surface area contributed by atoms with Crippen molar-refractivity contribution in [3.05, 3.63) is 65.2 Å². The van der Waals surface area contributed by atoms with Crippen LogP contribution in [0.2, 0.25) is 0 Å². The first-order valence-electron chi connectivity index (χ1n) is 10.5. The lowest BCUT2D eigenvalue weighted by Crippen LogP contribution is -2.42. The molecule has 170 valence electrons. The average Bonchev–Trinajstić information content (AvgIpc) is 3.00. The van der Waals surface area contributed by atoms with Crippen molar-refractivity contribution in [2.24, 2.45) is 16.6 Å². The Bertz CT molecular complexity index is 1060. The summed E-state index contributed by atoms with van der Waals surface area (Å²) in [4.78, 5) is 10.8. The van der Waals surface area contributed by atoms with E-state index in [4.69, 9.17) is 15.3 Å². The van der Waals surface area contributed by atoms with E-state index in [1.54, 1.807) is 25.2 Å². The summed E-state index contributed by atoms with van der Waals surface area (Å²) in [7, 11) is 1.67. The van der Waals surface area contributed by atoms with Crippen LogP contribution in [0.5, 0.6) is 5.75 Å². The van der Waals surface area contributed by atoms with Gasteiger partial charge in [-0.3, -0.25) is 0 Å². The predicted molar refractivity (Wildman–Crippen MR) is 118 cm³/mol. The summed E-state index contributed by atoms with van der Waals surface area (Å²) in [6.45, 7) is 4.01. The molecule has 0 saturated heterocycles. The molecular formula is C24H27F2N3O3. The molecule has 0 aliphatic carbocycles. The maximum Gasteiger partial charge on any atom is 0.221 e. The summed E-state index contributed by atoms with van der Waals surface area (Å²) in [5.74, 6) is -0.593. The van der Waals surface area contributed by atoms with Crippen LogP contribution >= 0.6 is 0 Å². The van der Waals surface area contributed by atoms with E-state index >= 15 is 0 Å². The second-order valence-electron chi connectivity index (χ2n) is 8.49. The zero-order chi connectivity index (χ0) is 23.0. The number of hydroxylamine groups is 2. The molecule has 0 bridgehead atoms. The van der Waals surface area contributed by atoms with E-state index < -0.39 is 17.4 Å². The van der Waals surface area contributed by atoms with Crippen molar-refractivity contribution in [3.8, 4) is 16.9 Å². The summed E-state index contributed by atoms with van der Waals surface area (Å²) in [6, 6.07) is 8.66. The van der Waals surface area contributed by atoms with Crippen LogP contribution in [-0.4, -0.2) is 35.9 Å². The minimum absolute atomic E-state index is 0.0183. The second-order valence-corrected chi connectivity index (χ2v) is 8.49. The molecule has 0 radical (unpaired) electrons. The second kappa shape index (κ2) is 8.52. The standard InChI is InChI=1S/C24H27F2N3O3/c1-14(2)8-16(6-7-30)22-13-24(28-23(27)29(3)32-24)20-11-15(4-5-21(20)31-22)17-9-18(25)12-19(26)10-17/h4-5,8-12,16,22,30H,6-7,13H2,1-3H3,(H2,27,28)/t16-,22-,24-/m0/s1. The number of fused-ring (bicyclic) bond motifs is 2. The molecular weight excluding hydrogens is 416 g/mol. The molecule has 2 aliphatic heterocycles. The summed E-state index contributed by atoms with van der Waals surface area (Å²) < 4.78 is 33.9. The molecule has 8 heteroatoms. The molecule has 2 aromatic rings. The zero-order valence-electron chi connectivity index (χ0n) is 18.3. The van der Waals surface area contributed by atoms with Gasteiger partial charge in [0.05, 0.1) is 5.56 Å². The van der Waals surface area contributed by atoms with Gasteiger partial charge >= 0.3 is 0 Å². The Morgan fingerprint density at radius 3 is 2.56 bits per heavy atom. The smallest absolute Gasteiger partial charge is 0.221 e. The van der Waals surface area contributed by atoms with E-state index in [9.17, 15) is 13.9 Å². The number of hydrogen-bond acceptors (Lipinski definition) is 6. The number of rotatable bonds is 5. The zero-order valence-corrected chi connectivity index (χ0v) is 18.3. The third kappa shape index (κ3) is 4.20. The summed E-state index contributed by atoms with van der Waals surface area (Å²) >= 11 is 0. The van der Waals surface area contributed by atoms with E-state index in [1.165, 1.54) is 17.2 Å². The van der Waals surface area contributed by atoms with Gasteiger partial charge in [-0.05, 0) is 55.7 Å². The van der Waals surface area contributed by atoms with E-state index in [1.807, 2.05) is 13.8 Å². The first-order chi connectivity index (χ1) is 15.2. The maximum absolute atomic E-state index is 13.8. The molecule has 3 N–H and O–H groups in total. The Kier molecular flexibility index (Phi) is 5.92. The Balaban J connectivity index is 1.81. The lowest BCUT2D eigenvalue weighted by molar-refractivity contribution is -0.193. The Hall–Kier alpha value is -2.97. The molecule has 0 fully saturated rings. The van der Waals surface area contributed by atoms with Crippen LogP contribution in [0, 0.1) is 17.6 Å². The number of halogens is 2. The highest BCUT2D eigenvalue weighted by Crippen LogP contribution is 2.48. The number of nitrogens with zero attached hydrogens (tertiary/aromatic N) is 2. The highest BCUT2D eigenvalue weighted by Gasteiger charge is 2.49. The summed E-state index contributed by atoms with van der Waals surface area (Å²) in [5.41, 5.74) is 7.65. The van der Waals surface area contributed by atoms with Crippen LogP contribution in [0.1, 0.15) is 32.3 Å². The Labute approximate surface area is 185 Å². The fourth-order valence-electron chi connectivity index (χ4n) is 4.36. The molecule has 4 rings (SSSR count). The van der Waals surface area contributed by atoms with Crippen molar-refractivity contribution >= 4 is 5.96 Å². The highest BCUT2D eigenvalue weighted by atomic mass is 19.1. The van der Waals surface area contributed by atoms with Gasteiger partial charge in [0.2, 0.25) is 11.7 Å². The van der Waals surface area contributed by atoms with Crippen LogP contribution in [-0.2, 0) is 10.6 Å². The molecule has 6 nitrogen and oxygen atoms in total. The van der Waals surface area contributed by atoms with Crippen molar-refractivity contribution in [1.29, 1.82) is 0 Å². The lowest BCUT2D eigenvalue weighted by atomic mass is 9.84. The fraction of sp³-hybridized carbons (Fsp3) is 0.375. The van der Waals surface area contributed by atoms with E-state index in [0.29, 0.717) is 35.3 Å². The van der Waals surface area contributed by atoms with E-state index in [-0.39, 0.29) is 24.6 Å². The topological polar surface area (TPSA) is 80.3 Å². The van der Waals surface area contributed by atoms with Gasteiger partial charge in [0.15, 0.2) is 0 Å². The van der Waals surface area contributed by atoms with Gasteiger partial charge < -0.3 is 15.6 Å². The van der Waals surface area contributed by atoms with Gasteiger partial charge in [-0.25, -0.2) is 23.7 Å². The van der Waals surface area contributed by atoms with Crippen LogP contribution in [0.15, 0.2) is 53.0 Å². The maximum atomic E-state index is 13.8. The molecule has 3 atom stereocenters. The van der Waals surface area contributed by atoms with Crippen molar-refractivity contribution in [1.82, 2.24) is 5.06 Å². The molecule has 0 unspecified atom stereocenters. The van der Waals surface area contributed by atoms with Crippen molar-refractivity contribution < 1.29 is 23.5 Å². The highest BCUT2D eigenvalue weighted by molar-refractivity contribution is 5.79. The summed E-state index contributed by atoms with van der Waals surface area (Å²) in [6.07, 6.45) is 2.65. The number of aliphatic hydroxyl groups excluding tert-OH is 1. The predicted octanol–water partition coefficient (Wildman–Crippen LogP) is 4.09. The quantitative estimate of drug-likeness (QED) is 0.681.